The molecule has 5 rings (SSSR count). The number of likely N-dealkylation sites (tertiary alicyclic amines) is 1. The fourth-order valence-electron chi connectivity index (χ4n) is 4.63. The fraction of sp³-hybridized carbons (Fsp3) is 0.276. The summed E-state index contributed by atoms with van der Waals surface area (Å²) < 4.78 is 2.10. The number of thioether (sulfide) groups is 1. The van der Waals surface area contributed by atoms with Crippen molar-refractivity contribution in [3.63, 3.8) is 0 Å². The number of carbonyl (C=O) groups is 1. The average molecular weight is 498 g/mol. The minimum Gasteiger partial charge on any atom is -0.344 e. The van der Waals surface area contributed by atoms with Crippen LogP contribution in [0.3, 0.4) is 0 Å². The maximum atomic E-state index is 13.1. The van der Waals surface area contributed by atoms with E-state index in [0.29, 0.717) is 0 Å². The molecule has 3 aromatic carbocycles. The first kappa shape index (κ1) is 24.3. The molecule has 6 nitrogen and oxygen atoms in total. The maximum Gasteiger partial charge on any atom is 0.231 e. The summed E-state index contributed by atoms with van der Waals surface area (Å²) in [6, 6.07) is 30.1. The molecule has 0 aliphatic carbocycles. The molecule has 1 saturated heterocycles. The summed E-state index contributed by atoms with van der Waals surface area (Å²) in [4.78, 5) is 15.6. The monoisotopic (exact) mass is 497 g/mol. The van der Waals surface area contributed by atoms with Crippen molar-refractivity contribution < 1.29 is 4.79 Å². The van der Waals surface area contributed by atoms with Crippen molar-refractivity contribution in [2.75, 3.05) is 18.8 Å². The summed E-state index contributed by atoms with van der Waals surface area (Å²) in [5, 5.41) is 13.0. The summed E-state index contributed by atoms with van der Waals surface area (Å²) in [5.41, 5.74) is 3.13. The zero-order valence-electron chi connectivity index (χ0n) is 20.3. The summed E-state index contributed by atoms with van der Waals surface area (Å²) in [5.74, 6) is 1.13. The highest BCUT2D eigenvalue weighted by Gasteiger charge is 2.21. The van der Waals surface area contributed by atoms with Crippen LogP contribution in [0.15, 0.2) is 96.2 Å². The molecule has 7 heteroatoms. The number of rotatable bonds is 9. The van der Waals surface area contributed by atoms with E-state index < -0.39 is 0 Å². The van der Waals surface area contributed by atoms with Crippen LogP contribution in [0.4, 0.5) is 0 Å². The molecule has 1 fully saturated rings. The first-order chi connectivity index (χ1) is 17.8. The van der Waals surface area contributed by atoms with Crippen molar-refractivity contribution >= 4 is 17.7 Å². The highest BCUT2D eigenvalue weighted by Crippen LogP contribution is 2.25. The second kappa shape index (κ2) is 12.0. The molecule has 1 aliphatic rings. The Bertz CT molecular complexity index is 1200. The minimum absolute atomic E-state index is 0.0436. The van der Waals surface area contributed by atoms with Gasteiger partial charge in [-0.25, -0.2) is 0 Å². The molecular weight excluding hydrogens is 466 g/mol. The van der Waals surface area contributed by atoms with E-state index in [-0.39, 0.29) is 17.7 Å². The number of amides is 1. The number of piperidine rings is 1. The van der Waals surface area contributed by atoms with Crippen molar-refractivity contribution in [1.82, 2.24) is 25.0 Å². The number of para-hydroxylation sites is 1. The Morgan fingerprint density at radius 2 is 1.39 bits per heavy atom. The second-order valence-electron chi connectivity index (χ2n) is 9.02. The Balaban J connectivity index is 1.32. The van der Waals surface area contributed by atoms with Crippen LogP contribution >= 0.6 is 11.8 Å². The third-order valence-corrected chi connectivity index (χ3v) is 7.36. The largest absolute Gasteiger partial charge is 0.344 e. The number of hydrogen-bond acceptors (Lipinski definition) is 5. The first-order valence-electron chi connectivity index (χ1n) is 12.5. The SMILES string of the molecule is O=C(CSc1nnc(CN2CCCCC2)n1-c1ccccc1)NC(c1ccccc1)c1ccccc1. The highest BCUT2D eigenvalue weighted by atomic mass is 32.2. The van der Waals surface area contributed by atoms with Gasteiger partial charge in [0.1, 0.15) is 0 Å². The standard InChI is InChI=1S/C29H31N5OS/c35-27(30-28(23-13-5-1-6-14-23)24-15-7-2-8-16-24)22-36-29-32-31-26(21-33-19-11-4-12-20-33)34(29)25-17-9-3-10-18-25/h1-3,5-10,13-18,28H,4,11-12,19-22H2,(H,30,35). The number of carbonyl (C=O) groups excluding carboxylic acids is 1. The number of nitrogens with zero attached hydrogens (tertiary/aromatic N) is 4. The van der Waals surface area contributed by atoms with Crippen LogP contribution in [0.5, 0.6) is 0 Å². The van der Waals surface area contributed by atoms with Crippen molar-refractivity contribution in [3.8, 4) is 5.69 Å². The third-order valence-electron chi connectivity index (χ3n) is 6.43. The van der Waals surface area contributed by atoms with E-state index in [1.807, 2.05) is 78.9 Å². The Hall–Kier alpha value is -3.42. The van der Waals surface area contributed by atoms with Gasteiger partial charge in [-0.3, -0.25) is 14.3 Å². The van der Waals surface area contributed by atoms with Gasteiger partial charge >= 0.3 is 0 Å². The molecule has 1 aliphatic heterocycles. The van der Waals surface area contributed by atoms with Gasteiger partial charge in [-0.2, -0.15) is 0 Å². The van der Waals surface area contributed by atoms with Gasteiger partial charge in [-0.15, -0.1) is 10.2 Å². The Morgan fingerprint density at radius 3 is 2.00 bits per heavy atom. The van der Waals surface area contributed by atoms with E-state index in [9.17, 15) is 4.79 Å². The molecule has 2 heterocycles. The summed E-state index contributed by atoms with van der Waals surface area (Å²) in [6.07, 6.45) is 3.75. The van der Waals surface area contributed by atoms with Crippen molar-refractivity contribution in [2.24, 2.45) is 0 Å². The molecule has 1 amide bonds. The predicted molar refractivity (Wildman–Crippen MR) is 144 cm³/mol. The molecule has 0 atom stereocenters. The molecule has 0 bridgehead atoms. The van der Waals surface area contributed by atoms with Gasteiger partial charge in [0.25, 0.3) is 0 Å². The Morgan fingerprint density at radius 1 is 0.806 bits per heavy atom. The lowest BCUT2D eigenvalue weighted by Gasteiger charge is -2.26. The molecule has 0 spiro atoms. The summed E-state index contributed by atoms with van der Waals surface area (Å²) >= 11 is 1.42. The second-order valence-corrected chi connectivity index (χ2v) is 9.96. The van der Waals surface area contributed by atoms with Gasteiger partial charge < -0.3 is 5.32 Å². The molecule has 4 aromatic rings. The molecular formula is C29H31N5OS. The van der Waals surface area contributed by atoms with Crippen LogP contribution in [0.2, 0.25) is 0 Å². The number of hydrogen-bond donors (Lipinski definition) is 1. The molecule has 0 unspecified atom stereocenters. The predicted octanol–water partition coefficient (Wildman–Crippen LogP) is 5.25. The average Bonchev–Trinajstić information content (AvgIpc) is 3.34. The van der Waals surface area contributed by atoms with E-state index in [4.69, 9.17) is 0 Å². The lowest BCUT2D eigenvalue weighted by Crippen LogP contribution is -2.31. The van der Waals surface area contributed by atoms with Crippen LogP contribution in [0.25, 0.3) is 5.69 Å². The quantitative estimate of drug-likeness (QED) is 0.320. The number of benzene rings is 3. The van der Waals surface area contributed by atoms with Gasteiger partial charge in [-0.05, 0) is 49.2 Å². The maximum absolute atomic E-state index is 13.1. The van der Waals surface area contributed by atoms with Gasteiger partial charge in [0.2, 0.25) is 5.91 Å². The van der Waals surface area contributed by atoms with Gasteiger partial charge in [0, 0.05) is 5.69 Å². The van der Waals surface area contributed by atoms with E-state index in [1.165, 1.54) is 31.0 Å². The normalized spacial score (nSPS) is 14.1. The van der Waals surface area contributed by atoms with Crippen LogP contribution in [0, 0.1) is 0 Å². The molecule has 0 radical (unpaired) electrons. The zero-order valence-corrected chi connectivity index (χ0v) is 21.1. The lowest BCUT2D eigenvalue weighted by atomic mass is 9.99. The molecule has 184 valence electrons. The highest BCUT2D eigenvalue weighted by molar-refractivity contribution is 7.99. The van der Waals surface area contributed by atoms with Crippen molar-refractivity contribution in [1.29, 1.82) is 0 Å². The molecule has 0 saturated carbocycles. The Kier molecular flexibility index (Phi) is 8.10. The topological polar surface area (TPSA) is 63.1 Å². The minimum atomic E-state index is -0.206. The summed E-state index contributed by atoms with van der Waals surface area (Å²) in [6.45, 7) is 2.94. The zero-order chi connectivity index (χ0) is 24.6. The fourth-order valence-corrected chi connectivity index (χ4v) is 5.41. The van der Waals surface area contributed by atoms with Crippen molar-refractivity contribution in [3.05, 3.63) is 108 Å². The third kappa shape index (κ3) is 6.04. The van der Waals surface area contributed by atoms with Gasteiger partial charge in [-0.1, -0.05) is 97.0 Å². The van der Waals surface area contributed by atoms with E-state index in [1.54, 1.807) is 0 Å². The Labute approximate surface area is 216 Å². The lowest BCUT2D eigenvalue weighted by molar-refractivity contribution is -0.119. The van der Waals surface area contributed by atoms with E-state index in [0.717, 1.165) is 47.4 Å². The van der Waals surface area contributed by atoms with Crippen LogP contribution < -0.4 is 5.32 Å². The van der Waals surface area contributed by atoms with Crippen molar-refractivity contribution in [2.45, 2.75) is 37.0 Å². The van der Waals surface area contributed by atoms with E-state index >= 15 is 0 Å². The van der Waals surface area contributed by atoms with Crippen LogP contribution in [-0.4, -0.2) is 44.4 Å². The van der Waals surface area contributed by atoms with Gasteiger partial charge in [0.05, 0.1) is 18.3 Å². The number of nitrogens with one attached hydrogen (secondary N) is 1. The smallest absolute Gasteiger partial charge is 0.231 e. The first-order valence-corrected chi connectivity index (χ1v) is 13.5. The van der Waals surface area contributed by atoms with Gasteiger partial charge in [0.15, 0.2) is 11.0 Å². The van der Waals surface area contributed by atoms with E-state index in [2.05, 4.69) is 37.1 Å². The van der Waals surface area contributed by atoms with Crippen LogP contribution in [-0.2, 0) is 11.3 Å². The number of aromatic nitrogens is 3. The summed E-state index contributed by atoms with van der Waals surface area (Å²) in [7, 11) is 0. The molecule has 1 N–H and O–H groups in total. The molecule has 36 heavy (non-hydrogen) atoms. The van der Waals surface area contributed by atoms with Crippen LogP contribution in [0.1, 0.15) is 42.3 Å². The molecule has 1 aromatic heterocycles.